The van der Waals surface area contributed by atoms with E-state index < -0.39 is 35.5 Å². The third-order valence-electron chi connectivity index (χ3n) is 13.7. The third kappa shape index (κ3) is 7.31. The second-order valence-electron chi connectivity index (χ2n) is 17.1. The van der Waals surface area contributed by atoms with Crippen molar-refractivity contribution in [1.29, 1.82) is 5.26 Å². The molecule has 60 heavy (non-hydrogen) atoms. The molecule has 4 unspecified atom stereocenters. The Balaban J connectivity index is 0.733. The third-order valence-corrected chi connectivity index (χ3v) is 14.0. The molecule has 2 bridgehead atoms. The van der Waals surface area contributed by atoms with E-state index in [1.807, 2.05) is 11.0 Å². The molecule has 2 saturated carbocycles. The van der Waals surface area contributed by atoms with Crippen molar-refractivity contribution < 1.29 is 33.1 Å². The second-order valence-corrected chi connectivity index (χ2v) is 17.5. The van der Waals surface area contributed by atoms with Gasteiger partial charge in [-0.25, -0.2) is 4.39 Å². The van der Waals surface area contributed by atoms with Crippen LogP contribution in [0.15, 0.2) is 54.0 Å². The number of hydrogen-bond donors (Lipinski definition) is 4. The number of allylic oxidation sites excluding steroid dienone is 2. The Morgan fingerprint density at radius 1 is 1.00 bits per heavy atom. The first-order valence-electron chi connectivity index (χ1n) is 20.7. The molecule has 6 atom stereocenters. The Morgan fingerprint density at radius 3 is 2.38 bits per heavy atom. The van der Waals surface area contributed by atoms with Crippen LogP contribution in [-0.2, 0) is 14.4 Å². The molecule has 314 valence electrons. The first kappa shape index (κ1) is 39.8. The standard InChI is InChI=1S/C43H47ClFN9O6/c1-48-35(40(56)49-23-3-6-26(7-4-23)60-27-5-2-22(16-46)33(44)13-27)8-10-38(47)53-18-24-12-25(53)17-51(24)19-30-31-20-52(21-32(30)31)37-15-29-28(14-34(37)45)42(58)54(43(29)59)36-9-11-39(55)50-41(36)57/h2,5,8,10,13-15,23-26,30-32,36,48H,3-4,6-7,9,11-12,17-21,47H2,1H3,(H,49,56)(H,50,55,57)/b35-8-,38-10+/t23?,24?,25?,26?,30?,31-,32+,36?. The summed E-state index contributed by atoms with van der Waals surface area (Å²) in [5.74, 6) is -0.713. The van der Waals surface area contributed by atoms with Crippen molar-refractivity contribution in [1.82, 2.24) is 30.7 Å². The molecule has 2 aliphatic carbocycles. The number of amides is 5. The molecule has 5 aliphatic heterocycles. The van der Waals surface area contributed by atoms with Crippen molar-refractivity contribution >= 4 is 46.8 Å². The Hall–Kier alpha value is -5.66. The molecular weight excluding hydrogens is 793 g/mol. The van der Waals surface area contributed by atoms with Gasteiger partial charge in [0.2, 0.25) is 11.8 Å². The van der Waals surface area contributed by atoms with E-state index >= 15 is 4.39 Å². The van der Waals surface area contributed by atoms with Crippen molar-refractivity contribution in [2.75, 3.05) is 44.7 Å². The number of anilines is 1. The number of nitrogens with one attached hydrogen (secondary N) is 3. The summed E-state index contributed by atoms with van der Waals surface area (Å²) in [4.78, 5) is 71.4. The van der Waals surface area contributed by atoms with E-state index in [1.165, 1.54) is 6.07 Å². The van der Waals surface area contributed by atoms with Crippen LogP contribution < -0.4 is 31.3 Å². The van der Waals surface area contributed by atoms with Crippen molar-refractivity contribution in [2.45, 2.75) is 75.2 Å². The normalized spacial score (nSPS) is 30.0. The number of carbonyl (C=O) groups is 5. The van der Waals surface area contributed by atoms with Gasteiger partial charge in [-0.05, 0) is 92.7 Å². The fourth-order valence-corrected chi connectivity index (χ4v) is 10.6. The number of likely N-dealkylation sites (N-methyl/N-ethyl adjacent to an activating group) is 1. The minimum absolute atomic E-state index is 0.00492. The van der Waals surface area contributed by atoms with Crippen LogP contribution in [0, 0.1) is 34.9 Å². The van der Waals surface area contributed by atoms with Crippen molar-refractivity contribution in [3.63, 3.8) is 0 Å². The molecule has 2 aromatic carbocycles. The largest absolute Gasteiger partial charge is 0.490 e. The maximum atomic E-state index is 15.5. The van der Waals surface area contributed by atoms with Gasteiger partial charge in [0.15, 0.2) is 0 Å². The average molecular weight is 840 g/mol. The fraction of sp³-hybridized carbons (Fsp3) is 0.488. The van der Waals surface area contributed by atoms with E-state index in [0.717, 1.165) is 62.7 Å². The summed E-state index contributed by atoms with van der Waals surface area (Å²) >= 11 is 6.16. The maximum Gasteiger partial charge on any atom is 0.267 e. The second kappa shape index (κ2) is 15.7. The number of piperazine rings is 1. The number of nitriles is 1. The van der Waals surface area contributed by atoms with E-state index in [9.17, 15) is 24.0 Å². The molecule has 5 heterocycles. The molecule has 0 aromatic heterocycles. The first-order chi connectivity index (χ1) is 28.9. The minimum Gasteiger partial charge on any atom is -0.490 e. The number of fused-ring (bicyclic) bond motifs is 4. The molecule has 5 N–H and O–H groups in total. The molecule has 17 heteroatoms. The van der Waals surface area contributed by atoms with Gasteiger partial charge in [0.1, 0.15) is 23.7 Å². The van der Waals surface area contributed by atoms with Crippen molar-refractivity contribution in [2.24, 2.45) is 23.5 Å². The molecular formula is C43H47ClFN9O6. The number of benzene rings is 2. The highest BCUT2D eigenvalue weighted by Gasteiger charge is 2.58. The topological polar surface area (TPSA) is 193 Å². The number of ether oxygens (including phenoxy) is 1. The van der Waals surface area contributed by atoms with Crippen molar-refractivity contribution in [3.05, 3.63) is 81.5 Å². The number of piperidine rings is 2. The maximum absolute atomic E-state index is 15.5. The van der Waals surface area contributed by atoms with Crippen molar-refractivity contribution in [3.8, 4) is 11.8 Å². The number of hydrogen-bond acceptors (Lipinski definition) is 12. The summed E-state index contributed by atoms with van der Waals surface area (Å²) in [6.45, 7) is 3.98. The predicted octanol–water partition coefficient (Wildman–Crippen LogP) is 2.60. The Kier molecular flexibility index (Phi) is 10.4. The van der Waals surface area contributed by atoms with Crippen LogP contribution in [0.3, 0.4) is 0 Å². The average Bonchev–Trinajstić information content (AvgIpc) is 3.70. The lowest BCUT2D eigenvalue weighted by molar-refractivity contribution is -0.136. The number of halogens is 2. The molecule has 0 radical (unpaired) electrons. The number of imide groups is 2. The van der Waals surface area contributed by atoms with Gasteiger partial charge < -0.3 is 30.9 Å². The zero-order chi connectivity index (χ0) is 42.0. The summed E-state index contributed by atoms with van der Waals surface area (Å²) in [7, 11) is 1.72. The molecule has 5 amide bonds. The van der Waals surface area contributed by atoms with Gasteiger partial charge in [-0.1, -0.05) is 11.6 Å². The van der Waals surface area contributed by atoms with E-state index in [-0.39, 0.29) is 53.8 Å². The van der Waals surface area contributed by atoms with Crippen LogP contribution in [0.5, 0.6) is 5.75 Å². The van der Waals surface area contributed by atoms with E-state index in [0.29, 0.717) is 64.7 Å². The monoisotopic (exact) mass is 839 g/mol. The zero-order valence-corrected chi connectivity index (χ0v) is 33.9. The predicted molar refractivity (Wildman–Crippen MR) is 217 cm³/mol. The van der Waals surface area contributed by atoms with Crippen LogP contribution >= 0.6 is 11.6 Å². The van der Waals surface area contributed by atoms with E-state index in [4.69, 9.17) is 27.3 Å². The Morgan fingerprint density at radius 2 is 1.73 bits per heavy atom. The highest BCUT2D eigenvalue weighted by atomic mass is 35.5. The first-order valence-corrected chi connectivity index (χ1v) is 21.1. The molecule has 15 nitrogen and oxygen atoms in total. The smallest absolute Gasteiger partial charge is 0.267 e. The fourth-order valence-electron chi connectivity index (χ4n) is 10.4. The SMILES string of the molecule is CN/C(=C\C=C(/N)N1CC2CC1CN2CC1[C@H]2CN(c3cc4c(cc3F)C(=O)N(C3CCC(=O)NC3=O)C4=O)C[C@@H]12)C(=O)NC1CCC(Oc2ccc(C#N)c(Cl)c2)CC1. The molecule has 4 saturated heterocycles. The van der Waals surface area contributed by atoms with Gasteiger partial charge >= 0.3 is 0 Å². The van der Waals surface area contributed by atoms with Crippen LogP contribution in [0.4, 0.5) is 10.1 Å². The summed E-state index contributed by atoms with van der Waals surface area (Å²) in [6, 6.07) is 9.24. The van der Waals surface area contributed by atoms with Crippen LogP contribution in [0.2, 0.25) is 5.02 Å². The number of carbonyl (C=O) groups excluding carboxylic acids is 5. The summed E-state index contributed by atoms with van der Waals surface area (Å²) in [5, 5.41) is 17.8. The summed E-state index contributed by atoms with van der Waals surface area (Å²) in [5.41, 5.74) is 7.75. The van der Waals surface area contributed by atoms with Gasteiger partial charge in [-0.3, -0.25) is 39.1 Å². The lowest BCUT2D eigenvalue weighted by Crippen LogP contribution is -2.54. The number of rotatable bonds is 11. The molecule has 9 rings (SSSR count). The Labute approximate surface area is 351 Å². The quantitative estimate of drug-likeness (QED) is 0.147. The summed E-state index contributed by atoms with van der Waals surface area (Å²) in [6.07, 6.45) is 7.72. The molecule has 2 aromatic rings. The Bertz CT molecular complexity index is 2260. The zero-order valence-electron chi connectivity index (χ0n) is 33.2. The van der Waals surface area contributed by atoms with Crippen LogP contribution in [0.25, 0.3) is 0 Å². The molecule has 7 aliphatic rings. The van der Waals surface area contributed by atoms with Crippen LogP contribution in [0.1, 0.15) is 71.2 Å². The van der Waals surface area contributed by atoms with Crippen LogP contribution in [-0.4, -0.2) is 114 Å². The van der Waals surface area contributed by atoms with Gasteiger partial charge in [0.25, 0.3) is 17.7 Å². The van der Waals surface area contributed by atoms with Gasteiger partial charge in [0.05, 0.1) is 45.0 Å². The number of nitrogens with two attached hydrogens (primary N) is 1. The highest BCUT2D eigenvalue weighted by Crippen LogP contribution is 2.54. The van der Waals surface area contributed by atoms with Gasteiger partial charge in [-0.2, -0.15) is 5.26 Å². The summed E-state index contributed by atoms with van der Waals surface area (Å²) < 4.78 is 21.6. The lowest BCUT2D eigenvalue weighted by Gasteiger charge is -2.36. The van der Waals surface area contributed by atoms with E-state index in [2.05, 4.69) is 25.8 Å². The number of likely N-dealkylation sites (tertiary alicyclic amines) is 2. The van der Waals surface area contributed by atoms with E-state index in [1.54, 1.807) is 37.4 Å². The van der Waals surface area contributed by atoms with Gasteiger partial charge in [0, 0.05) is 70.4 Å². The lowest BCUT2D eigenvalue weighted by atomic mass is 9.92. The highest BCUT2D eigenvalue weighted by molar-refractivity contribution is 6.31. The van der Waals surface area contributed by atoms with Gasteiger partial charge in [-0.15, -0.1) is 0 Å². The number of nitrogens with zero attached hydrogens (tertiary/aromatic N) is 5. The molecule has 6 fully saturated rings. The molecule has 0 spiro atoms. The minimum atomic E-state index is -1.10.